The van der Waals surface area contributed by atoms with Gasteiger partial charge in [-0.05, 0) is 72.4 Å². The second-order valence-electron chi connectivity index (χ2n) is 12.5. The van der Waals surface area contributed by atoms with E-state index in [1.54, 1.807) is 27.4 Å². The van der Waals surface area contributed by atoms with E-state index in [-0.39, 0.29) is 0 Å². The monoisotopic (exact) mass is 649 g/mol. The first-order valence-corrected chi connectivity index (χ1v) is 15.7. The van der Waals surface area contributed by atoms with Gasteiger partial charge in [-0.15, -0.1) is 0 Å². The highest BCUT2D eigenvalue weighted by Crippen LogP contribution is 2.51. The zero-order valence-corrected chi connectivity index (χ0v) is 30.3. The molecular formula is C40H47N3O5. The van der Waals surface area contributed by atoms with E-state index in [0.29, 0.717) is 28.4 Å². The molecule has 8 heteroatoms. The van der Waals surface area contributed by atoms with Crippen molar-refractivity contribution in [2.24, 2.45) is 0 Å². The molecule has 8 nitrogen and oxygen atoms in total. The number of aldehydes is 2. The third-order valence-corrected chi connectivity index (χ3v) is 9.02. The van der Waals surface area contributed by atoms with Crippen molar-refractivity contribution in [3.05, 3.63) is 76.4 Å². The lowest BCUT2D eigenvalue weighted by Gasteiger charge is -2.28. The van der Waals surface area contributed by atoms with Gasteiger partial charge in [0.25, 0.3) is 0 Å². The molecule has 252 valence electrons. The lowest BCUT2D eigenvalue weighted by molar-refractivity contribution is 0.111. The molecular weight excluding hydrogens is 602 g/mol. The molecule has 0 heterocycles. The molecule has 0 unspecified atom stereocenters. The number of rotatable bonds is 12. The first-order valence-electron chi connectivity index (χ1n) is 15.7. The molecule has 0 fully saturated rings. The molecule has 0 aliphatic rings. The molecule has 0 aliphatic carbocycles. The summed E-state index contributed by atoms with van der Waals surface area (Å²) in [7, 11) is 16.6. The smallest absolute Gasteiger partial charge is 0.152 e. The quantitative estimate of drug-likeness (QED) is 0.143. The van der Waals surface area contributed by atoms with Gasteiger partial charge in [-0.3, -0.25) is 9.59 Å². The van der Waals surface area contributed by atoms with Gasteiger partial charge in [-0.25, -0.2) is 0 Å². The number of ether oxygens (including phenoxy) is 3. The number of nitrogens with zero attached hydrogens (tertiary/aromatic N) is 3. The van der Waals surface area contributed by atoms with Gasteiger partial charge in [-0.1, -0.05) is 12.7 Å². The molecule has 48 heavy (non-hydrogen) atoms. The summed E-state index contributed by atoms with van der Waals surface area (Å²) in [6.45, 7) is 10.4. The lowest BCUT2D eigenvalue weighted by atomic mass is 9.79. The highest BCUT2D eigenvalue weighted by atomic mass is 16.5. The van der Waals surface area contributed by atoms with E-state index >= 15 is 0 Å². The Morgan fingerprint density at radius 1 is 0.500 bits per heavy atom. The van der Waals surface area contributed by atoms with Crippen molar-refractivity contribution in [3.63, 3.8) is 0 Å². The normalized spacial score (nSPS) is 10.8. The van der Waals surface area contributed by atoms with Crippen LogP contribution in [0.4, 0.5) is 17.1 Å². The number of carbonyl (C=O) groups is 2. The Bertz CT molecular complexity index is 1810. The van der Waals surface area contributed by atoms with Crippen LogP contribution < -0.4 is 28.9 Å². The van der Waals surface area contributed by atoms with E-state index < -0.39 is 0 Å². The minimum atomic E-state index is 0.543. The number of anilines is 3. The molecule has 0 atom stereocenters. The molecule has 0 saturated heterocycles. The van der Waals surface area contributed by atoms with E-state index in [1.807, 2.05) is 82.4 Å². The molecule has 0 saturated carbocycles. The predicted octanol–water partition coefficient (Wildman–Crippen LogP) is 8.10. The fourth-order valence-electron chi connectivity index (χ4n) is 6.79. The van der Waals surface area contributed by atoms with Crippen LogP contribution in [-0.4, -0.2) is 76.2 Å². The minimum absolute atomic E-state index is 0.543. The lowest BCUT2D eigenvalue weighted by Crippen LogP contribution is -2.13. The largest absolute Gasteiger partial charge is 0.496 e. The van der Waals surface area contributed by atoms with Crippen molar-refractivity contribution in [1.29, 1.82) is 0 Å². The van der Waals surface area contributed by atoms with Crippen molar-refractivity contribution in [2.75, 3.05) is 78.3 Å². The Balaban J connectivity index is 2.33. The number of benzene rings is 4. The van der Waals surface area contributed by atoms with Crippen LogP contribution in [0.3, 0.4) is 0 Å². The maximum absolute atomic E-state index is 12.5. The summed E-state index contributed by atoms with van der Waals surface area (Å²) < 4.78 is 17.8. The summed E-state index contributed by atoms with van der Waals surface area (Å²) in [5.74, 6) is 1.98. The van der Waals surface area contributed by atoms with E-state index in [1.165, 1.54) is 0 Å². The van der Waals surface area contributed by atoms with Gasteiger partial charge < -0.3 is 28.9 Å². The minimum Gasteiger partial charge on any atom is -0.496 e. The molecule has 4 rings (SSSR count). The first-order chi connectivity index (χ1) is 22.8. The van der Waals surface area contributed by atoms with Gasteiger partial charge in [0.2, 0.25) is 0 Å². The van der Waals surface area contributed by atoms with E-state index in [4.69, 9.17) is 14.2 Å². The highest BCUT2D eigenvalue weighted by molar-refractivity contribution is 6.00. The maximum Gasteiger partial charge on any atom is 0.152 e. The average Bonchev–Trinajstić information content (AvgIpc) is 3.06. The van der Waals surface area contributed by atoms with E-state index in [9.17, 15) is 9.59 Å². The molecule has 4 aromatic rings. The van der Waals surface area contributed by atoms with E-state index in [0.717, 1.165) is 85.3 Å². The van der Waals surface area contributed by atoms with Crippen LogP contribution in [0, 0.1) is 20.8 Å². The van der Waals surface area contributed by atoms with Crippen LogP contribution in [0.25, 0.3) is 39.5 Å². The second kappa shape index (κ2) is 14.3. The highest BCUT2D eigenvalue weighted by Gasteiger charge is 2.28. The van der Waals surface area contributed by atoms with Gasteiger partial charge in [0, 0.05) is 99.6 Å². The van der Waals surface area contributed by atoms with Crippen molar-refractivity contribution >= 4 is 35.7 Å². The van der Waals surface area contributed by atoms with Crippen LogP contribution >= 0.6 is 0 Å². The molecule has 0 bridgehead atoms. The molecule has 0 N–H and O–H groups in total. The Kier molecular flexibility index (Phi) is 10.6. The first kappa shape index (κ1) is 35.6. The van der Waals surface area contributed by atoms with Gasteiger partial charge in [0.15, 0.2) is 12.6 Å². The number of hydrogen-bond donors (Lipinski definition) is 0. The van der Waals surface area contributed by atoms with Gasteiger partial charge in [0.05, 0.1) is 32.7 Å². The SMILES string of the molecule is C=Cc1cc(-c2c(C)c(-c3cc(C=O)c(N(C)C)cc3OC)c(C)c(-c3cc(C=O)c(N(C)C)cc3OC)c2C)c(N(C)C)cc1OC. The van der Waals surface area contributed by atoms with Crippen LogP contribution in [0.1, 0.15) is 43.0 Å². The Morgan fingerprint density at radius 2 is 0.833 bits per heavy atom. The van der Waals surface area contributed by atoms with Gasteiger partial charge >= 0.3 is 0 Å². The molecule has 0 aromatic heterocycles. The summed E-state index contributed by atoms with van der Waals surface area (Å²) in [4.78, 5) is 30.8. The molecule has 0 aliphatic heterocycles. The second-order valence-corrected chi connectivity index (χ2v) is 12.5. The molecule has 0 radical (unpaired) electrons. The van der Waals surface area contributed by atoms with E-state index in [2.05, 4.69) is 38.3 Å². The van der Waals surface area contributed by atoms with Crippen molar-refractivity contribution in [2.45, 2.75) is 20.8 Å². The zero-order chi connectivity index (χ0) is 35.6. The van der Waals surface area contributed by atoms with Gasteiger partial charge in [-0.2, -0.15) is 0 Å². The third-order valence-electron chi connectivity index (χ3n) is 9.02. The Morgan fingerprint density at radius 3 is 1.15 bits per heavy atom. The number of carbonyl (C=O) groups excluding carboxylic acids is 2. The molecule has 4 aromatic carbocycles. The van der Waals surface area contributed by atoms with Crippen LogP contribution in [0.15, 0.2) is 43.0 Å². The van der Waals surface area contributed by atoms with Crippen LogP contribution in [-0.2, 0) is 0 Å². The van der Waals surface area contributed by atoms with Crippen LogP contribution in [0.2, 0.25) is 0 Å². The van der Waals surface area contributed by atoms with Crippen molar-refractivity contribution < 1.29 is 23.8 Å². The molecule has 0 spiro atoms. The molecule has 0 amide bonds. The topological polar surface area (TPSA) is 71.5 Å². The summed E-state index contributed by atoms with van der Waals surface area (Å²) in [6.07, 6.45) is 3.55. The maximum atomic E-state index is 12.5. The fourth-order valence-corrected chi connectivity index (χ4v) is 6.79. The Hall–Kier alpha value is -5.24. The Labute approximate surface area is 285 Å². The number of hydrogen-bond acceptors (Lipinski definition) is 8. The van der Waals surface area contributed by atoms with Crippen LogP contribution in [0.5, 0.6) is 17.2 Å². The summed E-state index contributed by atoms with van der Waals surface area (Å²) in [5.41, 5.74) is 12.8. The van der Waals surface area contributed by atoms with Gasteiger partial charge in [0.1, 0.15) is 17.2 Å². The third kappa shape index (κ3) is 6.10. The van der Waals surface area contributed by atoms with Crippen molar-refractivity contribution in [3.8, 4) is 50.6 Å². The standard InChI is InChI=1S/C40H47N3O5/c1-14-26-15-29(34(43(9)10)20-35(26)46-11)38-23(2)39(30-16-27(21-44)32(41(5)6)18-36(30)47-12)25(4)40(24(38)3)31-17-28(22-45)33(42(7)8)19-37(31)48-13/h14-22H,1H2,2-13H3. The predicted molar refractivity (Wildman–Crippen MR) is 200 cm³/mol. The summed E-state index contributed by atoms with van der Waals surface area (Å²) >= 11 is 0. The number of methoxy groups -OCH3 is 3. The summed E-state index contributed by atoms with van der Waals surface area (Å²) in [5, 5.41) is 0. The van der Waals surface area contributed by atoms with Crippen molar-refractivity contribution in [1.82, 2.24) is 0 Å². The zero-order valence-electron chi connectivity index (χ0n) is 30.3. The fraction of sp³-hybridized carbons (Fsp3) is 0.300. The average molecular weight is 650 g/mol. The summed E-state index contributed by atoms with van der Waals surface area (Å²) in [6, 6.07) is 11.7.